The molecule has 1 aliphatic carbocycles. The van der Waals surface area contributed by atoms with Crippen molar-refractivity contribution in [3.05, 3.63) is 23.9 Å². The van der Waals surface area contributed by atoms with E-state index in [-0.39, 0.29) is 0 Å². The molecule has 2 N–H and O–H groups in total. The van der Waals surface area contributed by atoms with E-state index in [1.165, 1.54) is 12.8 Å². The van der Waals surface area contributed by atoms with Gasteiger partial charge in [-0.25, -0.2) is 9.97 Å². The number of rotatable bonds is 3. The first-order valence-electron chi connectivity index (χ1n) is 6.69. The smallest absolute Gasteiger partial charge is 0.229 e. The van der Waals surface area contributed by atoms with Crippen LogP contribution >= 0.6 is 0 Å². The zero-order chi connectivity index (χ0) is 13.7. The number of fused-ring (bicyclic) bond motifs is 1. The van der Waals surface area contributed by atoms with E-state index in [0.29, 0.717) is 17.5 Å². The summed E-state index contributed by atoms with van der Waals surface area (Å²) in [6.07, 6.45) is 5.97. The van der Waals surface area contributed by atoms with Crippen molar-refractivity contribution in [2.75, 3.05) is 5.32 Å². The van der Waals surface area contributed by atoms with Crippen molar-refractivity contribution in [2.45, 2.75) is 25.7 Å². The first-order valence-corrected chi connectivity index (χ1v) is 6.69. The second-order valence-electron chi connectivity index (χ2n) is 5.23. The standard InChI is InChI=1S/C13H15N7/c1-7-9(5-20(2)19-7)16-13-17-10(8-3-4-8)11-12(18-13)15-6-14-11/h5-6,8H,3-4H2,1-2H3,(H2,14,15,16,17,18). The van der Waals surface area contributed by atoms with Crippen molar-refractivity contribution < 1.29 is 0 Å². The molecule has 0 unspecified atom stereocenters. The zero-order valence-electron chi connectivity index (χ0n) is 11.4. The molecule has 0 aliphatic heterocycles. The van der Waals surface area contributed by atoms with E-state index in [2.05, 4.69) is 30.4 Å². The lowest BCUT2D eigenvalue weighted by Gasteiger charge is -2.06. The zero-order valence-corrected chi connectivity index (χ0v) is 11.4. The highest BCUT2D eigenvalue weighted by molar-refractivity contribution is 5.76. The fraction of sp³-hybridized carbons (Fsp3) is 0.385. The van der Waals surface area contributed by atoms with Gasteiger partial charge < -0.3 is 10.3 Å². The van der Waals surface area contributed by atoms with Gasteiger partial charge in [-0.05, 0) is 19.8 Å². The Kier molecular flexibility index (Phi) is 2.29. The third-order valence-corrected chi connectivity index (χ3v) is 3.54. The minimum Gasteiger partial charge on any atom is -0.342 e. The molecule has 7 heteroatoms. The van der Waals surface area contributed by atoms with Crippen LogP contribution in [0.1, 0.15) is 30.1 Å². The lowest BCUT2D eigenvalue weighted by atomic mass is 10.2. The summed E-state index contributed by atoms with van der Waals surface area (Å²) in [5.41, 5.74) is 4.58. The van der Waals surface area contributed by atoms with Crippen molar-refractivity contribution in [3.8, 4) is 0 Å². The summed E-state index contributed by atoms with van der Waals surface area (Å²) in [4.78, 5) is 16.5. The van der Waals surface area contributed by atoms with Gasteiger partial charge in [-0.15, -0.1) is 0 Å². The molecule has 1 fully saturated rings. The Morgan fingerprint density at radius 1 is 1.35 bits per heavy atom. The van der Waals surface area contributed by atoms with Gasteiger partial charge in [0.15, 0.2) is 5.65 Å². The first kappa shape index (κ1) is 11.4. The average molecular weight is 269 g/mol. The summed E-state index contributed by atoms with van der Waals surface area (Å²) in [6.45, 7) is 1.96. The molecule has 0 amide bonds. The first-order chi connectivity index (χ1) is 9.70. The molecular weight excluding hydrogens is 254 g/mol. The van der Waals surface area contributed by atoms with Crippen LogP contribution in [0.2, 0.25) is 0 Å². The molecule has 0 saturated heterocycles. The molecule has 1 aliphatic rings. The van der Waals surface area contributed by atoms with Crippen LogP contribution in [0.5, 0.6) is 0 Å². The van der Waals surface area contributed by atoms with Gasteiger partial charge in [0.25, 0.3) is 0 Å². The Bertz CT molecular complexity index is 781. The van der Waals surface area contributed by atoms with Crippen LogP contribution in [0.15, 0.2) is 12.5 Å². The van der Waals surface area contributed by atoms with E-state index in [0.717, 1.165) is 22.6 Å². The average Bonchev–Trinajstić information content (AvgIpc) is 3.06. The predicted molar refractivity (Wildman–Crippen MR) is 74.9 cm³/mol. The van der Waals surface area contributed by atoms with Crippen molar-refractivity contribution in [1.82, 2.24) is 29.7 Å². The number of anilines is 2. The summed E-state index contributed by atoms with van der Waals surface area (Å²) < 4.78 is 1.77. The summed E-state index contributed by atoms with van der Waals surface area (Å²) in [5.74, 6) is 1.12. The predicted octanol–water partition coefficient (Wildman–Crippen LogP) is 2.02. The van der Waals surface area contributed by atoms with Gasteiger partial charge in [-0.3, -0.25) is 4.68 Å². The maximum atomic E-state index is 4.65. The van der Waals surface area contributed by atoms with E-state index < -0.39 is 0 Å². The molecule has 0 aromatic carbocycles. The van der Waals surface area contributed by atoms with E-state index in [1.54, 1.807) is 11.0 Å². The lowest BCUT2D eigenvalue weighted by molar-refractivity contribution is 0.756. The molecule has 7 nitrogen and oxygen atoms in total. The Balaban J connectivity index is 1.77. The summed E-state index contributed by atoms with van der Waals surface area (Å²) in [6, 6.07) is 0. The quantitative estimate of drug-likeness (QED) is 0.760. The summed E-state index contributed by atoms with van der Waals surface area (Å²) >= 11 is 0. The SMILES string of the molecule is Cc1nn(C)cc1Nc1nc(C2CC2)c2[nH]cnc2n1. The maximum absolute atomic E-state index is 4.65. The molecule has 0 spiro atoms. The van der Waals surface area contributed by atoms with Crippen molar-refractivity contribution in [1.29, 1.82) is 0 Å². The number of aryl methyl sites for hydroxylation is 2. The van der Waals surface area contributed by atoms with Crippen LogP contribution in [-0.4, -0.2) is 29.7 Å². The van der Waals surface area contributed by atoms with Gasteiger partial charge >= 0.3 is 0 Å². The van der Waals surface area contributed by atoms with Crippen LogP contribution < -0.4 is 5.32 Å². The van der Waals surface area contributed by atoms with Crippen LogP contribution in [-0.2, 0) is 7.05 Å². The Hall–Kier alpha value is -2.44. The number of hydrogen-bond donors (Lipinski definition) is 2. The van der Waals surface area contributed by atoms with Gasteiger partial charge in [0, 0.05) is 19.2 Å². The lowest BCUT2D eigenvalue weighted by Crippen LogP contribution is -2.01. The van der Waals surface area contributed by atoms with Gasteiger partial charge in [-0.2, -0.15) is 10.1 Å². The number of nitrogens with one attached hydrogen (secondary N) is 2. The van der Waals surface area contributed by atoms with Crippen molar-refractivity contribution >= 4 is 22.8 Å². The topological polar surface area (TPSA) is 84.3 Å². The molecule has 0 atom stereocenters. The molecule has 102 valence electrons. The van der Waals surface area contributed by atoms with Gasteiger partial charge in [0.1, 0.15) is 5.52 Å². The van der Waals surface area contributed by atoms with E-state index in [9.17, 15) is 0 Å². The number of H-pyrrole nitrogens is 1. The molecule has 4 rings (SSSR count). The van der Waals surface area contributed by atoms with E-state index >= 15 is 0 Å². The van der Waals surface area contributed by atoms with Crippen LogP contribution in [0.3, 0.4) is 0 Å². The van der Waals surface area contributed by atoms with Gasteiger partial charge in [0.2, 0.25) is 5.95 Å². The second kappa shape index (κ2) is 4.03. The molecule has 20 heavy (non-hydrogen) atoms. The fourth-order valence-corrected chi connectivity index (χ4v) is 2.41. The van der Waals surface area contributed by atoms with Gasteiger partial charge in [0.05, 0.1) is 23.4 Å². The Morgan fingerprint density at radius 3 is 2.90 bits per heavy atom. The Labute approximate surface area is 115 Å². The van der Waals surface area contributed by atoms with E-state index in [1.807, 2.05) is 20.2 Å². The minimum absolute atomic E-state index is 0.538. The maximum Gasteiger partial charge on any atom is 0.229 e. The number of imidazole rings is 1. The normalized spacial score (nSPS) is 14.9. The Morgan fingerprint density at radius 2 is 2.20 bits per heavy atom. The number of aromatic amines is 1. The fourth-order valence-electron chi connectivity index (χ4n) is 2.41. The number of nitrogens with zero attached hydrogens (tertiary/aromatic N) is 5. The summed E-state index contributed by atoms with van der Waals surface area (Å²) in [5, 5.41) is 7.54. The minimum atomic E-state index is 0.538. The third kappa shape index (κ3) is 1.82. The molecule has 3 heterocycles. The third-order valence-electron chi connectivity index (χ3n) is 3.54. The highest BCUT2D eigenvalue weighted by Crippen LogP contribution is 2.41. The van der Waals surface area contributed by atoms with Crippen LogP contribution in [0.4, 0.5) is 11.6 Å². The van der Waals surface area contributed by atoms with E-state index in [4.69, 9.17) is 0 Å². The highest BCUT2D eigenvalue weighted by atomic mass is 15.3. The molecule has 0 radical (unpaired) electrons. The van der Waals surface area contributed by atoms with Crippen LogP contribution in [0.25, 0.3) is 11.2 Å². The van der Waals surface area contributed by atoms with Crippen LogP contribution in [0, 0.1) is 6.92 Å². The van der Waals surface area contributed by atoms with Crippen molar-refractivity contribution in [2.24, 2.45) is 7.05 Å². The molecule has 1 saturated carbocycles. The van der Waals surface area contributed by atoms with Gasteiger partial charge in [-0.1, -0.05) is 0 Å². The summed E-state index contributed by atoms with van der Waals surface area (Å²) in [7, 11) is 1.89. The molecular formula is C13H15N7. The highest BCUT2D eigenvalue weighted by Gasteiger charge is 2.28. The molecule has 3 aromatic rings. The molecule has 0 bridgehead atoms. The van der Waals surface area contributed by atoms with Crippen molar-refractivity contribution in [3.63, 3.8) is 0 Å². The largest absolute Gasteiger partial charge is 0.342 e. The monoisotopic (exact) mass is 269 g/mol. The number of aromatic nitrogens is 6. The molecule has 3 aromatic heterocycles. The number of hydrogen-bond acceptors (Lipinski definition) is 5. The second-order valence-corrected chi connectivity index (χ2v) is 5.23.